The van der Waals surface area contributed by atoms with E-state index >= 15 is 0 Å². The van der Waals surface area contributed by atoms with Crippen molar-refractivity contribution in [2.75, 3.05) is 31.1 Å². The molecule has 0 spiro atoms. The molecule has 1 aliphatic heterocycles. The number of piperazine rings is 1. The Morgan fingerprint density at radius 3 is 2.14 bits per heavy atom. The lowest BCUT2D eigenvalue weighted by atomic mass is 10.1. The maximum absolute atomic E-state index is 12.9. The first kappa shape index (κ1) is 20.8. The molecule has 3 rings (SSSR count). The summed E-state index contributed by atoms with van der Waals surface area (Å²) in [5.41, 5.74) is -0.446. The summed E-state index contributed by atoms with van der Waals surface area (Å²) >= 11 is 0. The van der Waals surface area contributed by atoms with E-state index in [1.54, 1.807) is 4.90 Å². The number of pyridine rings is 1. The first-order valence-electron chi connectivity index (χ1n) is 9.09. The maximum atomic E-state index is 12.9. The summed E-state index contributed by atoms with van der Waals surface area (Å²) in [7, 11) is 0. The number of anilines is 1. The smallest absolute Gasteiger partial charge is 0.353 e. The predicted molar refractivity (Wildman–Crippen MR) is 98.0 cm³/mol. The van der Waals surface area contributed by atoms with Crippen molar-refractivity contribution in [3.05, 3.63) is 59.5 Å². The predicted octanol–water partition coefficient (Wildman–Crippen LogP) is 3.55. The Bertz CT molecular complexity index is 859. The number of hydrogen-bond acceptors (Lipinski definition) is 4. The zero-order chi connectivity index (χ0) is 21.0. The molecule has 0 saturated carbocycles. The first-order chi connectivity index (χ1) is 13.7. The molecule has 1 amide bonds. The summed E-state index contributed by atoms with van der Waals surface area (Å²) < 4.78 is 50.8. The van der Waals surface area contributed by atoms with Gasteiger partial charge in [-0.2, -0.15) is 13.2 Å². The number of amides is 1. The molecule has 9 heteroatoms. The Balaban J connectivity index is 1.48. The fourth-order valence-corrected chi connectivity index (χ4v) is 3.08. The SMILES string of the molecule is O=C(CCC(=O)N1CCN(c2ccc(C(F)(F)F)cn2)CC1)c1ccc(F)cc1. The van der Waals surface area contributed by atoms with Crippen LogP contribution in [0.3, 0.4) is 0 Å². The average molecular weight is 409 g/mol. The van der Waals surface area contributed by atoms with Gasteiger partial charge >= 0.3 is 6.18 Å². The van der Waals surface area contributed by atoms with Crippen molar-refractivity contribution in [2.45, 2.75) is 19.0 Å². The zero-order valence-electron chi connectivity index (χ0n) is 15.5. The topological polar surface area (TPSA) is 53.5 Å². The molecule has 1 aromatic carbocycles. The summed E-state index contributed by atoms with van der Waals surface area (Å²) in [6.45, 7) is 1.67. The van der Waals surface area contributed by atoms with E-state index in [9.17, 15) is 27.2 Å². The number of aromatic nitrogens is 1. The standard InChI is InChI=1S/C20H19F4N3O2/c21-16-4-1-14(2-5-16)17(28)6-8-19(29)27-11-9-26(10-12-27)18-7-3-15(13-25-18)20(22,23)24/h1-5,7,13H,6,8-12H2. The van der Waals surface area contributed by atoms with Crippen molar-refractivity contribution in [1.29, 1.82) is 0 Å². The second-order valence-electron chi connectivity index (χ2n) is 6.70. The largest absolute Gasteiger partial charge is 0.417 e. The minimum Gasteiger partial charge on any atom is -0.353 e. The molecule has 0 bridgehead atoms. The van der Waals surface area contributed by atoms with Crippen LogP contribution in [0.2, 0.25) is 0 Å². The van der Waals surface area contributed by atoms with Crippen LogP contribution in [-0.4, -0.2) is 47.8 Å². The van der Waals surface area contributed by atoms with Crippen LogP contribution in [0.1, 0.15) is 28.8 Å². The van der Waals surface area contributed by atoms with Crippen LogP contribution in [0.25, 0.3) is 0 Å². The summed E-state index contributed by atoms with van der Waals surface area (Å²) in [4.78, 5) is 31.7. The van der Waals surface area contributed by atoms with Crippen LogP contribution in [0, 0.1) is 5.82 Å². The maximum Gasteiger partial charge on any atom is 0.417 e. The first-order valence-corrected chi connectivity index (χ1v) is 9.09. The number of carbonyl (C=O) groups is 2. The highest BCUT2D eigenvalue weighted by Crippen LogP contribution is 2.29. The van der Waals surface area contributed by atoms with Gasteiger partial charge in [0.1, 0.15) is 11.6 Å². The Morgan fingerprint density at radius 2 is 1.59 bits per heavy atom. The van der Waals surface area contributed by atoms with Crippen LogP contribution in [0.5, 0.6) is 0 Å². The van der Waals surface area contributed by atoms with E-state index in [0.29, 0.717) is 37.6 Å². The minimum absolute atomic E-state index is 0.0329. The van der Waals surface area contributed by atoms with Gasteiger partial charge in [-0.3, -0.25) is 9.59 Å². The van der Waals surface area contributed by atoms with E-state index in [1.165, 1.54) is 30.3 Å². The normalized spacial score (nSPS) is 14.8. The fraction of sp³-hybridized carbons (Fsp3) is 0.350. The lowest BCUT2D eigenvalue weighted by Crippen LogP contribution is -2.49. The van der Waals surface area contributed by atoms with Crippen LogP contribution in [0.15, 0.2) is 42.6 Å². The number of benzene rings is 1. The molecular weight excluding hydrogens is 390 g/mol. The average Bonchev–Trinajstić information content (AvgIpc) is 2.72. The van der Waals surface area contributed by atoms with E-state index in [-0.39, 0.29) is 24.5 Å². The van der Waals surface area contributed by atoms with Gasteiger partial charge in [0.25, 0.3) is 0 Å². The molecular formula is C20H19F4N3O2. The Kier molecular flexibility index (Phi) is 6.14. The molecule has 0 atom stereocenters. The van der Waals surface area contributed by atoms with Crippen molar-refractivity contribution < 1.29 is 27.2 Å². The molecule has 2 aromatic rings. The van der Waals surface area contributed by atoms with Gasteiger partial charge < -0.3 is 9.80 Å². The molecule has 0 aliphatic carbocycles. The molecule has 1 saturated heterocycles. The number of halogens is 4. The Labute approximate surface area is 164 Å². The van der Waals surface area contributed by atoms with Crippen molar-refractivity contribution in [2.24, 2.45) is 0 Å². The molecule has 29 heavy (non-hydrogen) atoms. The summed E-state index contributed by atoms with van der Waals surface area (Å²) in [6, 6.07) is 7.48. The summed E-state index contributed by atoms with van der Waals surface area (Å²) in [6.07, 6.45) is -3.55. The van der Waals surface area contributed by atoms with E-state index in [0.717, 1.165) is 12.3 Å². The quantitative estimate of drug-likeness (QED) is 0.560. The molecule has 154 valence electrons. The van der Waals surface area contributed by atoms with Crippen molar-refractivity contribution >= 4 is 17.5 Å². The summed E-state index contributed by atoms with van der Waals surface area (Å²) in [5, 5.41) is 0. The molecule has 1 fully saturated rings. The van der Waals surface area contributed by atoms with Crippen LogP contribution in [-0.2, 0) is 11.0 Å². The lowest BCUT2D eigenvalue weighted by Gasteiger charge is -2.35. The number of Topliss-reactive ketones (excluding diaryl/α,β-unsaturated/α-hetero) is 1. The highest BCUT2D eigenvalue weighted by Gasteiger charge is 2.31. The second kappa shape index (κ2) is 8.59. The highest BCUT2D eigenvalue weighted by molar-refractivity contribution is 5.97. The third kappa shape index (κ3) is 5.30. The number of rotatable bonds is 5. The van der Waals surface area contributed by atoms with E-state index in [1.807, 2.05) is 4.90 Å². The van der Waals surface area contributed by atoms with E-state index in [4.69, 9.17) is 0 Å². The third-order valence-corrected chi connectivity index (χ3v) is 4.76. The number of hydrogen-bond donors (Lipinski definition) is 0. The molecule has 0 radical (unpaired) electrons. The molecule has 0 unspecified atom stereocenters. The van der Waals surface area contributed by atoms with Crippen molar-refractivity contribution in [1.82, 2.24) is 9.88 Å². The zero-order valence-corrected chi connectivity index (χ0v) is 15.5. The number of alkyl halides is 3. The van der Waals surface area contributed by atoms with Crippen molar-refractivity contribution in [3.63, 3.8) is 0 Å². The van der Waals surface area contributed by atoms with Gasteiger partial charge in [0.15, 0.2) is 5.78 Å². The van der Waals surface area contributed by atoms with Gasteiger partial charge in [-0.15, -0.1) is 0 Å². The van der Waals surface area contributed by atoms with Gasteiger partial charge in [0.2, 0.25) is 5.91 Å². The minimum atomic E-state index is -4.43. The third-order valence-electron chi connectivity index (χ3n) is 4.76. The number of carbonyl (C=O) groups excluding carboxylic acids is 2. The van der Waals surface area contributed by atoms with Crippen LogP contribution >= 0.6 is 0 Å². The van der Waals surface area contributed by atoms with E-state index < -0.39 is 17.6 Å². The fourth-order valence-electron chi connectivity index (χ4n) is 3.08. The van der Waals surface area contributed by atoms with Gasteiger partial charge in [0, 0.05) is 50.8 Å². The lowest BCUT2D eigenvalue weighted by molar-refractivity contribution is -0.137. The van der Waals surface area contributed by atoms with Crippen LogP contribution in [0.4, 0.5) is 23.4 Å². The number of ketones is 1. The Hall–Kier alpha value is -2.97. The molecule has 1 aromatic heterocycles. The summed E-state index contributed by atoms with van der Waals surface area (Å²) in [5.74, 6) is -0.402. The van der Waals surface area contributed by atoms with Crippen LogP contribution < -0.4 is 4.90 Å². The van der Waals surface area contributed by atoms with Gasteiger partial charge in [-0.25, -0.2) is 9.37 Å². The molecule has 2 heterocycles. The van der Waals surface area contributed by atoms with Gasteiger partial charge in [0.05, 0.1) is 5.56 Å². The monoisotopic (exact) mass is 409 g/mol. The number of nitrogens with zero attached hydrogens (tertiary/aromatic N) is 3. The molecule has 5 nitrogen and oxygen atoms in total. The Morgan fingerprint density at radius 1 is 0.931 bits per heavy atom. The molecule has 0 N–H and O–H groups in total. The van der Waals surface area contributed by atoms with Gasteiger partial charge in [-0.1, -0.05) is 0 Å². The highest BCUT2D eigenvalue weighted by atomic mass is 19.4. The molecule has 1 aliphatic rings. The second-order valence-corrected chi connectivity index (χ2v) is 6.70. The van der Waals surface area contributed by atoms with E-state index in [2.05, 4.69) is 4.98 Å². The van der Waals surface area contributed by atoms with Gasteiger partial charge in [-0.05, 0) is 36.4 Å². The van der Waals surface area contributed by atoms with Crippen molar-refractivity contribution in [3.8, 4) is 0 Å².